The molecular formula is C22H28O2Si. The highest BCUT2D eigenvalue weighted by Crippen LogP contribution is 2.38. The second kappa shape index (κ2) is 7.28. The Bertz CT molecular complexity index is 651. The van der Waals surface area contributed by atoms with E-state index < -0.39 is 8.32 Å². The molecule has 2 atom stereocenters. The van der Waals surface area contributed by atoms with Crippen molar-refractivity contribution >= 4 is 18.7 Å². The first-order valence-electron chi connectivity index (χ1n) is 9.00. The third-order valence-electron chi connectivity index (χ3n) is 5.01. The largest absolute Gasteiger partial charge is 0.402 e. The fourth-order valence-electron chi connectivity index (χ4n) is 3.81. The average Bonchev–Trinajstić information content (AvgIpc) is 3.08. The molecular weight excluding hydrogens is 324 g/mol. The van der Waals surface area contributed by atoms with Crippen LogP contribution >= 0.6 is 0 Å². The van der Waals surface area contributed by atoms with Gasteiger partial charge in [-0.15, -0.1) is 6.58 Å². The van der Waals surface area contributed by atoms with Crippen LogP contribution in [0, 0.1) is 0 Å². The second-order valence-electron chi connectivity index (χ2n) is 7.75. The molecule has 0 spiro atoms. The van der Waals surface area contributed by atoms with Gasteiger partial charge in [-0.05, 0) is 15.4 Å². The maximum atomic E-state index is 7.03. The Kier molecular flexibility index (Phi) is 5.28. The predicted octanol–water partition coefficient (Wildman–Crippen LogP) is 3.91. The molecule has 132 valence electrons. The molecule has 2 aromatic carbocycles. The van der Waals surface area contributed by atoms with Gasteiger partial charge in [-0.2, -0.15) is 0 Å². The molecule has 2 aromatic rings. The van der Waals surface area contributed by atoms with Crippen molar-refractivity contribution in [1.82, 2.24) is 0 Å². The van der Waals surface area contributed by atoms with Gasteiger partial charge >= 0.3 is 0 Å². The van der Waals surface area contributed by atoms with Gasteiger partial charge in [0, 0.05) is 6.42 Å². The Hall–Kier alpha value is -1.68. The molecule has 2 nitrogen and oxygen atoms in total. The van der Waals surface area contributed by atoms with Gasteiger partial charge in [0.15, 0.2) is 0 Å². The van der Waals surface area contributed by atoms with Crippen LogP contribution in [0.3, 0.4) is 0 Å². The van der Waals surface area contributed by atoms with Gasteiger partial charge < -0.3 is 9.16 Å². The minimum atomic E-state index is -2.47. The van der Waals surface area contributed by atoms with Crippen molar-refractivity contribution in [2.24, 2.45) is 0 Å². The summed E-state index contributed by atoms with van der Waals surface area (Å²) >= 11 is 0. The SMILES string of the molecule is C=C[C@H]1CC(O[Si](c2ccccc2)(c2ccccc2)C(C)(C)C)CO1. The van der Waals surface area contributed by atoms with Crippen LogP contribution in [-0.2, 0) is 9.16 Å². The predicted molar refractivity (Wildman–Crippen MR) is 107 cm³/mol. The van der Waals surface area contributed by atoms with Crippen molar-refractivity contribution in [3.63, 3.8) is 0 Å². The molecule has 0 bridgehead atoms. The molecule has 3 heteroatoms. The van der Waals surface area contributed by atoms with E-state index in [0.717, 1.165) is 6.42 Å². The lowest BCUT2D eigenvalue weighted by Crippen LogP contribution is -2.67. The van der Waals surface area contributed by atoms with E-state index in [4.69, 9.17) is 9.16 Å². The van der Waals surface area contributed by atoms with Gasteiger partial charge in [0.25, 0.3) is 8.32 Å². The quantitative estimate of drug-likeness (QED) is 0.600. The topological polar surface area (TPSA) is 18.5 Å². The van der Waals surface area contributed by atoms with Gasteiger partial charge in [-0.1, -0.05) is 87.5 Å². The Morgan fingerprint density at radius 2 is 1.52 bits per heavy atom. The summed E-state index contributed by atoms with van der Waals surface area (Å²) in [7, 11) is -2.47. The van der Waals surface area contributed by atoms with Gasteiger partial charge in [-0.25, -0.2) is 0 Å². The highest BCUT2D eigenvalue weighted by Gasteiger charge is 2.52. The smallest absolute Gasteiger partial charge is 0.261 e. The van der Waals surface area contributed by atoms with Crippen LogP contribution in [0.5, 0.6) is 0 Å². The van der Waals surface area contributed by atoms with E-state index in [1.807, 2.05) is 6.08 Å². The fraction of sp³-hybridized carbons (Fsp3) is 0.364. The van der Waals surface area contributed by atoms with Crippen molar-refractivity contribution in [2.45, 2.75) is 44.4 Å². The number of hydrogen-bond acceptors (Lipinski definition) is 2. The lowest BCUT2D eigenvalue weighted by molar-refractivity contribution is 0.113. The zero-order chi connectivity index (χ0) is 17.9. The first-order chi connectivity index (χ1) is 12.0. The van der Waals surface area contributed by atoms with E-state index in [-0.39, 0.29) is 17.2 Å². The molecule has 1 aliphatic heterocycles. The molecule has 25 heavy (non-hydrogen) atoms. The Morgan fingerprint density at radius 1 is 1.00 bits per heavy atom. The zero-order valence-corrected chi connectivity index (χ0v) is 16.4. The standard InChI is InChI=1S/C22H28O2Si/c1-5-18-16-19(17-23-18)24-25(22(2,3)4,20-12-8-6-9-13-20)21-14-10-7-11-15-21/h5-15,18-19H,1,16-17H2,2-4H3/t18-,19?/m0/s1. The molecule has 0 amide bonds. The first kappa shape index (κ1) is 18.1. The molecule has 0 aliphatic carbocycles. The summed E-state index contributed by atoms with van der Waals surface area (Å²) in [4.78, 5) is 0. The van der Waals surface area contributed by atoms with Crippen molar-refractivity contribution in [2.75, 3.05) is 6.61 Å². The number of hydrogen-bond donors (Lipinski definition) is 0. The molecule has 1 aliphatic rings. The van der Waals surface area contributed by atoms with E-state index >= 15 is 0 Å². The second-order valence-corrected chi connectivity index (χ2v) is 12.0. The van der Waals surface area contributed by atoms with Crippen molar-refractivity contribution in [3.8, 4) is 0 Å². The number of benzene rings is 2. The van der Waals surface area contributed by atoms with Crippen LogP contribution in [0.4, 0.5) is 0 Å². The van der Waals surface area contributed by atoms with Gasteiger partial charge in [0.05, 0.1) is 18.8 Å². The summed E-state index contributed by atoms with van der Waals surface area (Å²) in [6.45, 7) is 11.4. The highest BCUT2D eigenvalue weighted by molar-refractivity contribution is 6.99. The summed E-state index contributed by atoms with van der Waals surface area (Å²) in [5, 5.41) is 2.63. The van der Waals surface area contributed by atoms with Gasteiger partial charge in [-0.3, -0.25) is 0 Å². The lowest BCUT2D eigenvalue weighted by atomic mass is 10.2. The van der Waals surface area contributed by atoms with Crippen LogP contribution in [0.15, 0.2) is 73.3 Å². The molecule has 1 unspecified atom stereocenters. The average molecular weight is 353 g/mol. The number of rotatable bonds is 5. The van der Waals surface area contributed by atoms with Crippen LogP contribution in [0.1, 0.15) is 27.2 Å². The summed E-state index contributed by atoms with van der Waals surface area (Å²) < 4.78 is 12.9. The van der Waals surface area contributed by atoms with E-state index in [1.165, 1.54) is 10.4 Å². The molecule has 1 saturated heterocycles. The summed E-state index contributed by atoms with van der Waals surface area (Å²) in [6.07, 6.45) is 2.97. The molecule has 3 rings (SSSR count). The fourth-order valence-corrected chi connectivity index (χ4v) is 8.49. The van der Waals surface area contributed by atoms with Crippen LogP contribution < -0.4 is 10.4 Å². The van der Waals surface area contributed by atoms with Gasteiger partial charge in [0.2, 0.25) is 0 Å². The minimum absolute atomic E-state index is 0.00196. The van der Waals surface area contributed by atoms with E-state index in [2.05, 4.69) is 88.0 Å². The number of ether oxygens (including phenoxy) is 1. The van der Waals surface area contributed by atoms with Gasteiger partial charge in [0.1, 0.15) is 0 Å². The van der Waals surface area contributed by atoms with E-state index in [0.29, 0.717) is 6.61 Å². The van der Waals surface area contributed by atoms with E-state index in [9.17, 15) is 0 Å². The van der Waals surface area contributed by atoms with Crippen molar-refractivity contribution in [3.05, 3.63) is 73.3 Å². The molecule has 0 aromatic heterocycles. The highest BCUT2D eigenvalue weighted by atomic mass is 28.4. The maximum absolute atomic E-state index is 7.03. The Balaban J connectivity index is 2.11. The molecule has 0 N–H and O–H groups in total. The molecule has 0 radical (unpaired) electrons. The monoisotopic (exact) mass is 352 g/mol. The minimum Gasteiger partial charge on any atom is -0.402 e. The molecule has 1 fully saturated rings. The molecule has 0 saturated carbocycles. The van der Waals surface area contributed by atoms with Crippen LogP contribution in [0.2, 0.25) is 5.04 Å². The maximum Gasteiger partial charge on any atom is 0.261 e. The Morgan fingerprint density at radius 3 is 1.92 bits per heavy atom. The lowest BCUT2D eigenvalue weighted by Gasteiger charge is -2.44. The normalized spacial score (nSPS) is 21.2. The van der Waals surface area contributed by atoms with Crippen molar-refractivity contribution < 1.29 is 9.16 Å². The zero-order valence-electron chi connectivity index (χ0n) is 15.4. The van der Waals surface area contributed by atoms with Crippen LogP contribution in [-0.4, -0.2) is 27.1 Å². The summed E-state index contributed by atoms with van der Waals surface area (Å²) in [5.74, 6) is 0. The third kappa shape index (κ3) is 3.50. The molecule has 1 heterocycles. The summed E-state index contributed by atoms with van der Waals surface area (Å²) in [5.41, 5.74) is 0. The van der Waals surface area contributed by atoms with E-state index in [1.54, 1.807) is 0 Å². The van der Waals surface area contributed by atoms with Crippen LogP contribution in [0.25, 0.3) is 0 Å². The van der Waals surface area contributed by atoms with Crippen molar-refractivity contribution in [1.29, 1.82) is 0 Å². The first-order valence-corrected chi connectivity index (χ1v) is 10.9. The third-order valence-corrected chi connectivity index (χ3v) is 10.1. The Labute approximate surface area is 152 Å². The summed E-state index contributed by atoms with van der Waals surface area (Å²) in [6, 6.07) is 21.5.